The predicted molar refractivity (Wildman–Crippen MR) is 80.4 cm³/mol. The minimum Gasteiger partial charge on any atom is -0.368 e. The van der Waals surface area contributed by atoms with Crippen molar-refractivity contribution in [3.05, 3.63) is 12.7 Å². The minimum absolute atomic E-state index is 0. The van der Waals surface area contributed by atoms with Crippen LogP contribution in [0.2, 0.25) is 0 Å². The monoisotopic (exact) mass is 290 g/mol. The van der Waals surface area contributed by atoms with Crippen molar-refractivity contribution in [3.63, 3.8) is 0 Å². The number of ether oxygens (including phenoxy) is 1. The first-order valence-electron chi connectivity index (χ1n) is 6.83. The maximum Gasteiger partial charge on any atom is 0.251 e. The Balaban J connectivity index is 0.00000324. The third-order valence-electron chi connectivity index (χ3n) is 3.55. The summed E-state index contributed by atoms with van der Waals surface area (Å²) in [4.78, 5) is 14.1. The van der Waals surface area contributed by atoms with Gasteiger partial charge in [0.05, 0.1) is 6.61 Å². The molecule has 0 aromatic carbocycles. The Labute approximate surface area is 122 Å². The second kappa shape index (κ2) is 9.34. The number of nitrogens with zero attached hydrogens (tertiary/aromatic N) is 1. The van der Waals surface area contributed by atoms with E-state index in [0.29, 0.717) is 12.5 Å². The number of rotatable bonds is 6. The number of nitrogens with two attached hydrogens (primary N) is 1. The average Bonchev–Trinajstić information content (AvgIpc) is 2.38. The Bertz CT molecular complexity index is 285. The van der Waals surface area contributed by atoms with Gasteiger partial charge in [-0.15, -0.1) is 19.0 Å². The zero-order valence-corrected chi connectivity index (χ0v) is 12.8. The van der Waals surface area contributed by atoms with Gasteiger partial charge < -0.3 is 15.4 Å². The SMILES string of the molecule is C=CCCOC(C)C(=O)N1CCCC(C(C)N)C1.Cl. The molecule has 1 aliphatic rings. The molecule has 0 saturated carbocycles. The molecule has 1 rings (SSSR count). The van der Waals surface area contributed by atoms with Gasteiger partial charge in [0.2, 0.25) is 0 Å². The molecule has 0 radical (unpaired) electrons. The molecule has 1 heterocycles. The minimum atomic E-state index is -0.364. The van der Waals surface area contributed by atoms with E-state index >= 15 is 0 Å². The molecule has 0 aromatic rings. The Morgan fingerprint density at radius 3 is 2.84 bits per heavy atom. The highest BCUT2D eigenvalue weighted by molar-refractivity contribution is 5.85. The molecule has 1 amide bonds. The van der Waals surface area contributed by atoms with Gasteiger partial charge in [0, 0.05) is 19.1 Å². The van der Waals surface area contributed by atoms with Crippen LogP contribution in [0.15, 0.2) is 12.7 Å². The Morgan fingerprint density at radius 2 is 2.26 bits per heavy atom. The fraction of sp³-hybridized carbons (Fsp3) is 0.786. The smallest absolute Gasteiger partial charge is 0.251 e. The lowest BCUT2D eigenvalue weighted by Gasteiger charge is -2.35. The third-order valence-corrected chi connectivity index (χ3v) is 3.55. The van der Waals surface area contributed by atoms with Crippen molar-refractivity contribution in [1.29, 1.82) is 0 Å². The predicted octanol–water partition coefficient (Wildman–Crippen LogP) is 1.98. The molecule has 3 unspecified atom stereocenters. The van der Waals surface area contributed by atoms with Crippen LogP contribution in [-0.4, -0.2) is 42.6 Å². The van der Waals surface area contributed by atoms with Crippen LogP contribution in [0.3, 0.4) is 0 Å². The Morgan fingerprint density at radius 1 is 1.58 bits per heavy atom. The Hall–Kier alpha value is -0.580. The van der Waals surface area contributed by atoms with Gasteiger partial charge in [-0.3, -0.25) is 4.79 Å². The molecule has 0 aromatic heterocycles. The van der Waals surface area contributed by atoms with Gasteiger partial charge in [-0.1, -0.05) is 6.08 Å². The lowest BCUT2D eigenvalue weighted by molar-refractivity contribution is -0.144. The largest absolute Gasteiger partial charge is 0.368 e. The standard InChI is InChI=1S/C14H26N2O2.ClH/c1-4-5-9-18-12(3)14(17)16-8-6-7-13(10-16)11(2)15;/h4,11-13H,1,5-10,15H2,2-3H3;1H. The van der Waals surface area contributed by atoms with Gasteiger partial charge in [0.25, 0.3) is 5.91 Å². The topological polar surface area (TPSA) is 55.6 Å². The maximum atomic E-state index is 12.2. The number of hydrogen-bond donors (Lipinski definition) is 1. The van der Waals surface area contributed by atoms with Crippen molar-refractivity contribution in [2.75, 3.05) is 19.7 Å². The van der Waals surface area contributed by atoms with Gasteiger partial charge in [0.1, 0.15) is 6.10 Å². The normalized spacial score (nSPS) is 22.3. The number of amides is 1. The summed E-state index contributed by atoms with van der Waals surface area (Å²) in [6.07, 6.45) is 4.37. The molecule has 0 bridgehead atoms. The molecule has 1 aliphatic heterocycles. The van der Waals surface area contributed by atoms with E-state index < -0.39 is 0 Å². The van der Waals surface area contributed by atoms with Crippen LogP contribution in [0, 0.1) is 5.92 Å². The molecule has 3 atom stereocenters. The lowest BCUT2D eigenvalue weighted by Crippen LogP contribution is -2.48. The summed E-state index contributed by atoms with van der Waals surface area (Å²) in [6, 6.07) is 0.151. The van der Waals surface area contributed by atoms with Gasteiger partial charge in [-0.05, 0) is 39.0 Å². The van der Waals surface area contributed by atoms with Crippen LogP contribution >= 0.6 is 12.4 Å². The van der Waals surface area contributed by atoms with Crippen molar-refractivity contribution >= 4 is 18.3 Å². The highest BCUT2D eigenvalue weighted by Crippen LogP contribution is 2.19. The van der Waals surface area contributed by atoms with Crippen LogP contribution in [0.1, 0.15) is 33.1 Å². The first kappa shape index (κ1) is 18.4. The zero-order valence-electron chi connectivity index (χ0n) is 12.0. The number of likely N-dealkylation sites (tertiary alicyclic amines) is 1. The van der Waals surface area contributed by atoms with E-state index in [1.54, 1.807) is 6.08 Å². The highest BCUT2D eigenvalue weighted by Gasteiger charge is 2.28. The molecule has 1 saturated heterocycles. The van der Waals surface area contributed by atoms with E-state index in [4.69, 9.17) is 10.5 Å². The number of carbonyl (C=O) groups is 1. The van der Waals surface area contributed by atoms with Gasteiger partial charge in [-0.25, -0.2) is 0 Å². The van der Waals surface area contributed by atoms with Gasteiger partial charge >= 0.3 is 0 Å². The fourth-order valence-corrected chi connectivity index (χ4v) is 2.30. The summed E-state index contributed by atoms with van der Waals surface area (Å²) in [5, 5.41) is 0. The molecule has 0 spiro atoms. The van der Waals surface area contributed by atoms with E-state index in [-0.39, 0.29) is 30.5 Å². The second-order valence-electron chi connectivity index (χ2n) is 5.14. The molecule has 19 heavy (non-hydrogen) atoms. The fourth-order valence-electron chi connectivity index (χ4n) is 2.30. The van der Waals surface area contributed by atoms with Crippen LogP contribution in [-0.2, 0) is 9.53 Å². The van der Waals surface area contributed by atoms with E-state index in [1.165, 1.54) is 0 Å². The molecule has 112 valence electrons. The summed E-state index contributed by atoms with van der Waals surface area (Å²) in [7, 11) is 0. The number of piperidine rings is 1. The first-order chi connectivity index (χ1) is 8.56. The Kier molecular flexibility index (Phi) is 9.06. The highest BCUT2D eigenvalue weighted by atomic mass is 35.5. The van der Waals surface area contributed by atoms with Crippen LogP contribution in [0.25, 0.3) is 0 Å². The van der Waals surface area contributed by atoms with Crippen molar-refractivity contribution in [3.8, 4) is 0 Å². The maximum absolute atomic E-state index is 12.2. The average molecular weight is 291 g/mol. The molecule has 5 heteroatoms. The number of hydrogen-bond acceptors (Lipinski definition) is 3. The molecule has 0 aliphatic carbocycles. The third kappa shape index (κ3) is 5.93. The van der Waals surface area contributed by atoms with Crippen molar-refractivity contribution in [2.24, 2.45) is 11.7 Å². The van der Waals surface area contributed by atoms with Crippen molar-refractivity contribution in [2.45, 2.75) is 45.3 Å². The number of halogens is 1. The molecule has 4 nitrogen and oxygen atoms in total. The van der Waals surface area contributed by atoms with Crippen molar-refractivity contribution in [1.82, 2.24) is 4.90 Å². The van der Waals surface area contributed by atoms with Crippen LogP contribution < -0.4 is 5.73 Å². The first-order valence-corrected chi connectivity index (χ1v) is 6.83. The number of carbonyl (C=O) groups excluding carboxylic acids is 1. The van der Waals surface area contributed by atoms with E-state index in [2.05, 4.69) is 6.58 Å². The van der Waals surface area contributed by atoms with E-state index in [1.807, 2.05) is 18.7 Å². The van der Waals surface area contributed by atoms with E-state index in [9.17, 15) is 4.79 Å². The van der Waals surface area contributed by atoms with E-state index in [0.717, 1.165) is 32.4 Å². The van der Waals surface area contributed by atoms with Gasteiger partial charge in [-0.2, -0.15) is 0 Å². The molecule has 2 N–H and O–H groups in total. The summed E-state index contributed by atoms with van der Waals surface area (Å²) >= 11 is 0. The lowest BCUT2D eigenvalue weighted by atomic mass is 9.92. The molecular formula is C14H27ClN2O2. The molecular weight excluding hydrogens is 264 g/mol. The van der Waals surface area contributed by atoms with Crippen LogP contribution in [0.5, 0.6) is 0 Å². The summed E-state index contributed by atoms with van der Waals surface area (Å²) < 4.78 is 5.50. The van der Waals surface area contributed by atoms with Gasteiger partial charge in [0.15, 0.2) is 0 Å². The quantitative estimate of drug-likeness (QED) is 0.601. The summed E-state index contributed by atoms with van der Waals surface area (Å²) in [5.41, 5.74) is 5.92. The summed E-state index contributed by atoms with van der Waals surface area (Å²) in [6.45, 7) is 9.63. The zero-order chi connectivity index (χ0) is 13.5. The van der Waals surface area contributed by atoms with Crippen molar-refractivity contribution < 1.29 is 9.53 Å². The second-order valence-corrected chi connectivity index (χ2v) is 5.14. The van der Waals surface area contributed by atoms with Crippen LogP contribution in [0.4, 0.5) is 0 Å². The molecule has 1 fully saturated rings. The summed E-state index contributed by atoms with van der Waals surface area (Å²) in [5.74, 6) is 0.507.